The highest BCUT2D eigenvalue weighted by atomic mass is 16.6. The molecule has 0 aromatic heterocycles. The number of hydrogen-bond acceptors (Lipinski definition) is 3. The Morgan fingerprint density at radius 2 is 1.90 bits per heavy atom. The summed E-state index contributed by atoms with van der Waals surface area (Å²) in [7, 11) is 0. The Hall–Kier alpha value is -2.04. The lowest BCUT2D eigenvalue weighted by molar-refractivity contribution is -0.161. The van der Waals surface area contributed by atoms with Crippen LogP contribution in [-0.2, 0) is 16.1 Å². The van der Waals surface area contributed by atoms with Gasteiger partial charge in [-0.25, -0.2) is 4.79 Å². The van der Waals surface area contributed by atoms with Gasteiger partial charge in [0.1, 0.15) is 12.0 Å². The van der Waals surface area contributed by atoms with E-state index in [4.69, 9.17) is 4.74 Å². The van der Waals surface area contributed by atoms with E-state index in [1.807, 2.05) is 30.3 Å². The highest BCUT2D eigenvalue weighted by Crippen LogP contribution is 2.51. The van der Waals surface area contributed by atoms with Crippen LogP contribution in [0.5, 0.6) is 0 Å². The zero-order valence-electron chi connectivity index (χ0n) is 11.1. The van der Waals surface area contributed by atoms with Crippen LogP contribution in [0.3, 0.4) is 0 Å². The number of carbonyl (C=O) groups is 2. The first-order chi connectivity index (χ1) is 9.62. The van der Waals surface area contributed by atoms with E-state index >= 15 is 0 Å². The SMILES string of the molecule is O=C(OCc1ccccc1)N1CC(C(=O)O)(C2CC2)C1. The Morgan fingerprint density at radius 1 is 1.25 bits per heavy atom. The third kappa shape index (κ3) is 2.24. The lowest BCUT2D eigenvalue weighted by Gasteiger charge is -2.46. The normalized spacial score (nSPS) is 20.1. The minimum atomic E-state index is -0.785. The number of carboxylic acids is 1. The van der Waals surface area contributed by atoms with Gasteiger partial charge in [-0.15, -0.1) is 0 Å². The van der Waals surface area contributed by atoms with Gasteiger partial charge in [0.2, 0.25) is 0 Å². The van der Waals surface area contributed by atoms with E-state index < -0.39 is 17.5 Å². The Kier molecular flexibility index (Phi) is 3.12. The Labute approximate surface area is 117 Å². The van der Waals surface area contributed by atoms with Gasteiger partial charge in [0.05, 0.1) is 0 Å². The predicted octanol–water partition coefficient (Wildman–Crippen LogP) is 2.12. The van der Waals surface area contributed by atoms with E-state index in [0.29, 0.717) is 0 Å². The summed E-state index contributed by atoms with van der Waals surface area (Å²) in [6.07, 6.45) is 1.49. The fourth-order valence-electron chi connectivity index (χ4n) is 2.78. The number of likely N-dealkylation sites (tertiary alicyclic amines) is 1. The largest absolute Gasteiger partial charge is 0.481 e. The monoisotopic (exact) mass is 275 g/mol. The van der Waals surface area contributed by atoms with Crippen LogP contribution in [-0.4, -0.2) is 35.2 Å². The molecule has 5 heteroatoms. The van der Waals surface area contributed by atoms with Gasteiger partial charge in [0.15, 0.2) is 0 Å². The second kappa shape index (κ2) is 4.81. The van der Waals surface area contributed by atoms with Crippen LogP contribution in [0, 0.1) is 11.3 Å². The summed E-state index contributed by atoms with van der Waals surface area (Å²) in [4.78, 5) is 24.7. The van der Waals surface area contributed by atoms with Crippen molar-refractivity contribution in [2.24, 2.45) is 11.3 Å². The number of carboxylic acid groups (broad SMARTS) is 1. The molecule has 1 amide bonds. The van der Waals surface area contributed by atoms with Gasteiger partial charge >= 0.3 is 12.1 Å². The Bertz CT molecular complexity index is 518. The molecule has 1 N–H and O–H groups in total. The molecule has 1 aromatic rings. The molecular formula is C15H17NO4. The minimum absolute atomic E-state index is 0.222. The van der Waals surface area contributed by atoms with Gasteiger partial charge in [-0.2, -0.15) is 0 Å². The topological polar surface area (TPSA) is 66.8 Å². The second-order valence-corrected chi connectivity index (χ2v) is 5.63. The fraction of sp³-hybridized carbons (Fsp3) is 0.467. The van der Waals surface area contributed by atoms with E-state index in [9.17, 15) is 14.7 Å². The molecule has 0 bridgehead atoms. The molecule has 1 aliphatic carbocycles. The van der Waals surface area contributed by atoms with Crippen molar-refractivity contribution in [2.45, 2.75) is 19.4 Å². The smallest absolute Gasteiger partial charge is 0.410 e. The van der Waals surface area contributed by atoms with E-state index in [1.54, 1.807) is 0 Å². The van der Waals surface area contributed by atoms with Crippen molar-refractivity contribution in [3.63, 3.8) is 0 Å². The molecule has 1 heterocycles. The zero-order chi connectivity index (χ0) is 14.2. The predicted molar refractivity (Wildman–Crippen MR) is 71.0 cm³/mol. The third-order valence-electron chi connectivity index (χ3n) is 4.19. The first-order valence-electron chi connectivity index (χ1n) is 6.81. The highest BCUT2D eigenvalue weighted by Gasteiger charge is 2.60. The van der Waals surface area contributed by atoms with Gasteiger partial charge in [0, 0.05) is 13.1 Å². The van der Waals surface area contributed by atoms with E-state index in [0.717, 1.165) is 18.4 Å². The molecule has 2 fully saturated rings. The summed E-state index contributed by atoms with van der Waals surface area (Å²) in [6.45, 7) is 0.779. The molecule has 1 saturated carbocycles. The Balaban J connectivity index is 1.52. The summed E-state index contributed by atoms with van der Waals surface area (Å²) in [5.41, 5.74) is 0.208. The standard InChI is InChI=1S/C15H17NO4/c17-13(18)15(12-6-7-12)9-16(10-15)14(19)20-8-11-4-2-1-3-5-11/h1-5,12H,6-10H2,(H,17,18). The van der Waals surface area contributed by atoms with Crippen molar-refractivity contribution >= 4 is 12.1 Å². The maximum Gasteiger partial charge on any atom is 0.410 e. The molecule has 2 aliphatic rings. The molecular weight excluding hydrogens is 258 g/mol. The number of nitrogens with zero attached hydrogens (tertiary/aromatic N) is 1. The van der Waals surface area contributed by atoms with E-state index in [1.165, 1.54) is 4.90 Å². The minimum Gasteiger partial charge on any atom is -0.481 e. The average molecular weight is 275 g/mol. The maximum absolute atomic E-state index is 11.9. The zero-order valence-corrected chi connectivity index (χ0v) is 11.1. The number of benzene rings is 1. The number of amides is 1. The summed E-state index contributed by atoms with van der Waals surface area (Å²) in [5.74, 6) is -0.551. The first-order valence-corrected chi connectivity index (χ1v) is 6.81. The summed E-state index contributed by atoms with van der Waals surface area (Å²) < 4.78 is 5.20. The van der Waals surface area contributed by atoms with E-state index in [-0.39, 0.29) is 25.6 Å². The van der Waals surface area contributed by atoms with E-state index in [2.05, 4.69) is 0 Å². The van der Waals surface area contributed by atoms with Crippen molar-refractivity contribution in [1.29, 1.82) is 0 Å². The molecule has 1 saturated heterocycles. The van der Waals surface area contributed by atoms with Crippen molar-refractivity contribution in [2.75, 3.05) is 13.1 Å². The van der Waals surface area contributed by atoms with Crippen LogP contribution in [0.15, 0.2) is 30.3 Å². The van der Waals surface area contributed by atoms with Crippen LogP contribution in [0.1, 0.15) is 18.4 Å². The molecule has 1 aliphatic heterocycles. The number of aliphatic carboxylic acids is 1. The molecule has 0 spiro atoms. The van der Waals surface area contributed by atoms with Gasteiger partial charge in [-0.3, -0.25) is 4.79 Å². The van der Waals surface area contributed by atoms with Crippen molar-refractivity contribution in [3.05, 3.63) is 35.9 Å². The number of ether oxygens (including phenoxy) is 1. The highest BCUT2D eigenvalue weighted by molar-refractivity contribution is 5.81. The van der Waals surface area contributed by atoms with Crippen molar-refractivity contribution < 1.29 is 19.4 Å². The molecule has 5 nitrogen and oxygen atoms in total. The molecule has 20 heavy (non-hydrogen) atoms. The van der Waals surface area contributed by atoms with Crippen LogP contribution < -0.4 is 0 Å². The molecule has 106 valence electrons. The summed E-state index contributed by atoms with van der Waals surface area (Å²) in [5, 5.41) is 9.32. The van der Waals surface area contributed by atoms with Gasteiger partial charge in [-0.05, 0) is 24.3 Å². The van der Waals surface area contributed by atoms with Crippen molar-refractivity contribution in [3.8, 4) is 0 Å². The van der Waals surface area contributed by atoms with Crippen LogP contribution >= 0.6 is 0 Å². The number of carbonyl (C=O) groups excluding carboxylic acids is 1. The van der Waals surface area contributed by atoms with Crippen molar-refractivity contribution in [1.82, 2.24) is 4.90 Å². The van der Waals surface area contributed by atoms with Crippen LogP contribution in [0.25, 0.3) is 0 Å². The quantitative estimate of drug-likeness (QED) is 0.914. The van der Waals surface area contributed by atoms with Gasteiger partial charge in [0.25, 0.3) is 0 Å². The van der Waals surface area contributed by atoms with Crippen LogP contribution in [0.2, 0.25) is 0 Å². The van der Waals surface area contributed by atoms with Gasteiger partial charge < -0.3 is 14.7 Å². The average Bonchev–Trinajstić information content (AvgIpc) is 3.21. The molecule has 0 radical (unpaired) electrons. The number of hydrogen-bond donors (Lipinski definition) is 1. The fourth-order valence-corrected chi connectivity index (χ4v) is 2.78. The lowest BCUT2D eigenvalue weighted by atomic mass is 9.75. The summed E-state index contributed by atoms with van der Waals surface area (Å²) in [6, 6.07) is 9.44. The molecule has 3 rings (SSSR count). The molecule has 0 atom stereocenters. The first kappa shape index (κ1) is 13.0. The Morgan fingerprint density at radius 3 is 2.45 bits per heavy atom. The number of rotatable bonds is 4. The molecule has 1 aromatic carbocycles. The maximum atomic E-state index is 11.9. The van der Waals surface area contributed by atoms with Gasteiger partial charge in [-0.1, -0.05) is 30.3 Å². The third-order valence-corrected chi connectivity index (χ3v) is 4.19. The summed E-state index contributed by atoms with van der Waals surface area (Å²) >= 11 is 0. The van der Waals surface area contributed by atoms with Crippen LogP contribution in [0.4, 0.5) is 4.79 Å². The second-order valence-electron chi connectivity index (χ2n) is 5.63. The lowest BCUT2D eigenvalue weighted by Crippen LogP contribution is -2.63. The molecule has 0 unspecified atom stereocenters.